The van der Waals surface area contributed by atoms with Crippen LogP contribution in [0.25, 0.3) is 0 Å². The van der Waals surface area contributed by atoms with E-state index in [4.69, 9.17) is 4.74 Å². The molecule has 0 amide bonds. The molecular weight excluding hydrogens is 235 g/mol. The van der Waals surface area contributed by atoms with Crippen LogP contribution in [0.5, 0.6) is 5.75 Å². The van der Waals surface area contributed by atoms with Crippen molar-refractivity contribution in [2.75, 3.05) is 13.7 Å². The Bertz CT molecular complexity index is 487. The lowest BCUT2D eigenvalue weighted by molar-refractivity contribution is 0.386. The largest absolute Gasteiger partial charge is 0.494 e. The fraction of sp³-hybridized carbons (Fsp3) is 0.333. The van der Waals surface area contributed by atoms with Crippen molar-refractivity contribution in [2.24, 2.45) is 0 Å². The van der Waals surface area contributed by atoms with E-state index in [1.807, 2.05) is 6.07 Å². The molecule has 0 bridgehead atoms. The number of rotatable bonds is 6. The lowest BCUT2D eigenvalue weighted by Crippen LogP contribution is -2.19. The molecule has 0 atom stereocenters. The van der Waals surface area contributed by atoms with E-state index in [0.717, 1.165) is 18.7 Å². The minimum atomic E-state index is -0.340. The first kappa shape index (κ1) is 12.5. The second-order valence-corrected chi connectivity index (χ2v) is 3.81. The van der Waals surface area contributed by atoms with Gasteiger partial charge in [-0.25, -0.2) is 4.39 Å². The molecule has 2 rings (SSSR count). The van der Waals surface area contributed by atoms with Crippen LogP contribution in [0.2, 0.25) is 0 Å². The van der Waals surface area contributed by atoms with E-state index in [0.29, 0.717) is 6.54 Å². The molecule has 0 saturated heterocycles. The number of aromatic nitrogens is 3. The molecule has 0 aliphatic carbocycles. The van der Waals surface area contributed by atoms with E-state index in [2.05, 4.69) is 15.6 Å². The van der Waals surface area contributed by atoms with E-state index in [1.165, 1.54) is 13.2 Å². The van der Waals surface area contributed by atoms with Crippen molar-refractivity contribution in [3.63, 3.8) is 0 Å². The standard InChI is InChI=1S/C12H15FN4O/c1-18-12-3-2-10(8-11(12)13)9-14-4-6-17-7-5-15-16-17/h2-3,5,7-8,14H,4,6,9H2,1H3. The second-order valence-electron chi connectivity index (χ2n) is 3.81. The molecule has 0 aliphatic heterocycles. The summed E-state index contributed by atoms with van der Waals surface area (Å²) in [5, 5.41) is 10.8. The summed E-state index contributed by atoms with van der Waals surface area (Å²) in [6.45, 7) is 2.09. The Balaban J connectivity index is 1.78. The highest BCUT2D eigenvalue weighted by Gasteiger charge is 2.02. The van der Waals surface area contributed by atoms with Crippen molar-refractivity contribution < 1.29 is 9.13 Å². The Morgan fingerprint density at radius 3 is 3.00 bits per heavy atom. The molecule has 0 spiro atoms. The van der Waals surface area contributed by atoms with Crippen LogP contribution in [0.3, 0.4) is 0 Å². The number of hydrogen-bond acceptors (Lipinski definition) is 4. The quantitative estimate of drug-likeness (QED) is 0.783. The molecule has 0 saturated carbocycles. The van der Waals surface area contributed by atoms with E-state index in [9.17, 15) is 4.39 Å². The van der Waals surface area contributed by atoms with Gasteiger partial charge in [0.15, 0.2) is 11.6 Å². The molecule has 0 fully saturated rings. The molecule has 1 N–H and O–H groups in total. The van der Waals surface area contributed by atoms with E-state index in [-0.39, 0.29) is 11.6 Å². The molecule has 1 aromatic carbocycles. The summed E-state index contributed by atoms with van der Waals surface area (Å²) < 4.78 is 20.0. The SMILES string of the molecule is COc1ccc(CNCCn2ccnn2)cc1F. The number of hydrogen-bond donors (Lipinski definition) is 1. The van der Waals surface area contributed by atoms with Crippen LogP contribution in [0, 0.1) is 5.82 Å². The monoisotopic (exact) mass is 250 g/mol. The topological polar surface area (TPSA) is 52.0 Å². The first-order chi connectivity index (χ1) is 8.79. The van der Waals surface area contributed by atoms with Crippen molar-refractivity contribution in [3.8, 4) is 5.75 Å². The zero-order valence-electron chi connectivity index (χ0n) is 10.1. The molecule has 2 aromatic rings. The van der Waals surface area contributed by atoms with Crippen LogP contribution < -0.4 is 10.1 Å². The van der Waals surface area contributed by atoms with Gasteiger partial charge in [0.25, 0.3) is 0 Å². The van der Waals surface area contributed by atoms with Crippen molar-refractivity contribution in [2.45, 2.75) is 13.1 Å². The summed E-state index contributed by atoms with van der Waals surface area (Å²) in [7, 11) is 1.45. The molecule has 18 heavy (non-hydrogen) atoms. The second kappa shape index (κ2) is 6.11. The van der Waals surface area contributed by atoms with Gasteiger partial charge < -0.3 is 10.1 Å². The van der Waals surface area contributed by atoms with Gasteiger partial charge in [0.1, 0.15) is 0 Å². The van der Waals surface area contributed by atoms with Crippen molar-refractivity contribution in [3.05, 3.63) is 42.0 Å². The molecule has 0 unspecified atom stereocenters. The molecule has 0 radical (unpaired) electrons. The Labute approximate surface area is 105 Å². The van der Waals surface area contributed by atoms with Crippen LogP contribution in [0.15, 0.2) is 30.6 Å². The Morgan fingerprint density at radius 1 is 1.44 bits per heavy atom. The van der Waals surface area contributed by atoms with Gasteiger partial charge in [-0.1, -0.05) is 11.3 Å². The maximum atomic E-state index is 13.4. The predicted molar refractivity (Wildman–Crippen MR) is 64.7 cm³/mol. The summed E-state index contributed by atoms with van der Waals surface area (Å²) in [6, 6.07) is 4.94. The first-order valence-corrected chi connectivity index (χ1v) is 5.67. The maximum Gasteiger partial charge on any atom is 0.165 e. The predicted octanol–water partition coefficient (Wildman–Crippen LogP) is 1.22. The number of halogens is 1. The van der Waals surface area contributed by atoms with Gasteiger partial charge >= 0.3 is 0 Å². The lowest BCUT2D eigenvalue weighted by Gasteiger charge is -2.07. The minimum Gasteiger partial charge on any atom is -0.494 e. The molecule has 1 aromatic heterocycles. The summed E-state index contributed by atoms with van der Waals surface area (Å²) in [4.78, 5) is 0. The fourth-order valence-corrected chi connectivity index (χ4v) is 1.60. The van der Waals surface area contributed by atoms with E-state index >= 15 is 0 Å². The van der Waals surface area contributed by atoms with Gasteiger partial charge in [-0.2, -0.15) is 0 Å². The lowest BCUT2D eigenvalue weighted by atomic mass is 10.2. The third-order valence-electron chi connectivity index (χ3n) is 2.53. The number of benzene rings is 1. The van der Waals surface area contributed by atoms with Gasteiger partial charge in [-0.05, 0) is 17.7 Å². The molecule has 1 heterocycles. The van der Waals surface area contributed by atoms with E-state index in [1.54, 1.807) is 23.1 Å². The smallest absolute Gasteiger partial charge is 0.165 e. The minimum absolute atomic E-state index is 0.265. The van der Waals surface area contributed by atoms with Crippen LogP contribution >= 0.6 is 0 Å². The Kier molecular flexibility index (Phi) is 4.25. The van der Waals surface area contributed by atoms with Crippen LogP contribution in [-0.2, 0) is 13.1 Å². The van der Waals surface area contributed by atoms with Gasteiger partial charge in [0, 0.05) is 19.3 Å². The van der Waals surface area contributed by atoms with Gasteiger partial charge in [-0.15, -0.1) is 5.10 Å². The highest BCUT2D eigenvalue weighted by Crippen LogP contribution is 2.17. The molecule has 5 nitrogen and oxygen atoms in total. The third-order valence-corrected chi connectivity index (χ3v) is 2.53. The summed E-state index contributed by atoms with van der Waals surface area (Å²) >= 11 is 0. The number of nitrogens with one attached hydrogen (secondary N) is 1. The van der Waals surface area contributed by atoms with Crippen LogP contribution in [-0.4, -0.2) is 28.6 Å². The number of methoxy groups -OCH3 is 1. The Morgan fingerprint density at radius 2 is 2.33 bits per heavy atom. The highest BCUT2D eigenvalue weighted by atomic mass is 19.1. The van der Waals surface area contributed by atoms with Gasteiger partial charge in [-0.3, -0.25) is 4.68 Å². The maximum absolute atomic E-state index is 13.4. The summed E-state index contributed by atoms with van der Waals surface area (Å²) in [5.41, 5.74) is 0.881. The number of ether oxygens (including phenoxy) is 1. The van der Waals surface area contributed by atoms with Crippen molar-refractivity contribution in [1.29, 1.82) is 0 Å². The van der Waals surface area contributed by atoms with Crippen LogP contribution in [0.4, 0.5) is 4.39 Å². The molecule has 96 valence electrons. The zero-order valence-corrected chi connectivity index (χ0v) is 10.1. The molecule has 0 aliphatic rings. The highest BCUT2D eigenvalue weighted by molar-refractivity contribution is 5.29. The average Bonchev–Trinajstić information content (AvgIpc) is 2.88. The summed E-state index contributed by atoms with van der Waals surface area (Å²) in [6.07, 6.45) is 3.44. The fourth-order valence-electron chi connectivity index (χ4n) is 1.60. The van der Waals surface area contributed by atoms with Crippen molar-refractivity contribution in [1.82, 2.24) is 20.3 Å². The van der Waals surface area contributed by atoms with E-state index < -0.39 is 0 Å². The van der Waals surface area contributed by atoms with Crippen molar-refractivity contribution >= 4 is 0 Å². The van der Waals surface area contributed by atoms with Gasteiger partial charge in [0.2, 0.25) is 0 Å². The summed E-state index contributed by atoms with van der Waals surface area (Å²) in [5.74, 6) is -0.0746. The van der Waals surface area contributed by atoms with Crippen LogP contribution in [0.1, 0.15) is 5.56 Å². The molecule has 6 heteroatoms. The zero-order chi connectivity index (χ0) is 12.8. The Hall–Kier alpha value is -1.95. The average molecular weight is 250 g/mol. The normalized spacial score (nSPS) is 10.6. The third kappa shape index (κ3) is 3.27. The van der Waals surface area contributed by atoms with Gasteiger partial charge in [0.05, 0.1) is 19.9 Å². The number of nitrogens with zero attached hydrogens (tertiary/aromatic N) is 3. The first-order valence-electron chi connectivity index (χ1n) is 5.67. The molecular formula is C12H15FN4O.